The van der Waals surface area contributed by atoms with Gasteiger partial charge in [-0.2, -0.15) is 0 Å². The van der Waals surface area contributed by atoms with Gasteiger partial charge >= 0.3 is 0 Å². The van der Waals surface area contributed by atoms with Crippen molar-refractivity contribution in [1.82, 2.24) is 4.98 Å². The summed E-state index contributed by atoms with van der Waals surface area (Å²) in [6, 6.07) is 9.39. The van der Waals surface area contributed by atoms with E-state index in [0.717, 1.165) is 0 Å². The molecule has 0 radical (unpaired) electrons. The van der Waals surface area contributed by atoms with Crippen LogP contribution in [0.15, 0.2) is 41.8 Å². The maximum Gasteiger partial charge on any atom is 0.257 e. The number of carbonyl (C=O) groups is 2. The van der Waals surface area contributed by atoms with E-state index in [2.05, 4.69) is 15.6 Å². The zero-order valence-corrected chi connectivity index (χ0v) is 16.1. The number of amides is 2. The number of benzene rings is 2. The summed E-state index contributed by atoms with van der Waals surface area (Å²) in [5.74, 6) is 0.0557. The zero-order chi connectivity index (χ0) is 20.4. The predicted octanol–water partition coefficient (Wildman–Crippen LogP) is 3.75. The summed E-state index contributed by atoms with van der Waals surface area (Å²) in [6.07, 6.45) is 0.00584. The van der Waals surface area contributed by atoms with E-state index in [-0.39, 0.29) is 30.8 Å². The number of hydrogen-bond donors (Lipinski definition) is 2. The molecule has 148 valence electrons. The lowest BCUT2D eigenvalue weighted by molar-refractivity contribution is -0.115. The number of rotatable bonds is 5. The van der Waals surface area contributed by atoms with Crippen molar-refractivity contribution in [3.63, 3.8) is 0 Å². The van der Waals surface area contributed by atoms with Crippen LogP contribution in [0, 0.1) is 12.7 Å². The van der Waals surface area contributed by atoms with E-state index in [1.165, 1.54) is 17.4 Å². The van der Waals surface area contributed by atoms with E-state index in [1.807, 2.05) is 0 Å². The van der Waals surface area contributed by atoms with E-state index in [1.54, 1.807) is 42.6 Å². The number of aromatic nitrogens is 1. The maximum absolute atomic E-state index is 13.6. The molecule has 0 spiro atoms. The van der Waals surface area contributed by atoms with Gasteiger partial charge in [0.15, 0.2) is 16.6 Å². The quantitative estimate of drug-likeness (QED) is 0.665. The van der Waals surface area contributed by atoms with E-state index >= 15 is 0 Å². The Morgan fingerprint density at radius 1 is 1.14 bits per heavy atom. The minimum absolute atomic E-state index is 0.00584. The fourth-order valence-corrected chi connectivity index (χ4v) is 3.40. The fraction of sp³-hybridized carbons (Fsp3) is 0.150. The molecule has 0 atom stereocenters. The first-order chi connectivity index (χ1) is 14.0. The van der Waals surface area contributed by atoms with Gasteiger partial charge in [0.1, 0.15) is 5.82 Å². The van der Waals surface area contributed by atoms with Gasteiger partial charge in [-0.25, -0.2) is 9.37 Å². The second kappa shape index (κ2) is 7.88. The second-order valence-electron chi connectivity index (χ2n) is 6.36. The van der Waals surface area contributed by atoms with Gasteiger partial charge in [-0.05, 0) is 42.8 Å². The standard InChI is InChI=1S/C20H16FN3O4S/c1-11-2-4-13(7-15(11)21)22-18(25)8-14-9-29-20(23-14)24-19(26)12-3-5-16-17(6-12)28-10-27-16/h2-7,9H,8,10H2,1H3,(H,22,25)(H,23,24,26). The Kier molecular flexibility index (Phi) is 5.13. The first-order valence-corrected chi connectivity index (χ1v) is 9.57. The minimum atomic E-state index is -0.384. The Morgan fingerprint density at radius 2 is 1.97 bits per heavy atom. The number of hydrogen-bond acceptors (Lipinski definition) is 6. The smallest absolute Gasteiger partial charge is 0.257 e. The van der Waals surface area contributed by atoms with Crippen LogP contribution in [0.2, 0.25) is 0 Å². The van der Waals surface area contributed by atoms with E-state index in [4.69, 9.17) is 9.47 Å². The summed E-state index contributed by atoms with van der Waals surface area (Å²) in [5.41, 5.74) is 1.79. The molecule has 0 unspecified atom stereocenters. The molecular formula is C20H16FN3O4S. The van der Waals surface area contributed by atoms with Crippen molar-refractivity contribution in [2.24, 2.45) is 0 Å². The average molecular weight is 413 g/mol. The van der Waals surface area contributed by atoms with Crippen LogP contribution in [0.3, 0.4) is 0 Å². The molecule has 9 heteroatoms. The van der Waals surface area contributed by atoms with Gasteiger partial charge in [0.25, 0.3) is 5.91 Å². The summed E-state index contributed by atoms with van der Waals surface area (Å²) in [6.45, 7) is 1.78. The van der Waals surface area contributed by atoms with Gasteiger partial charge in [0.05, 0.1) is 12.1 Å². The normalized spacial score (nSPS) is 11.9. The fourth-order valence-electron chi connectivity index (χ4n) is 2.69. The molecule has 0 saturated carbocycles. The van der Waals surface area contributed by atoms with Gasteiger partial charge < -0.3 is 14.8 Å². The monoisotopic (exact) mass is 413 g/mol. The number of halogens is 1. The highest BCUT2D eigenvalue weighted by Gasteiger charge is 2.17. The average Bonchev–Trinajstić information content (AvgIpc) is 3.33. The first-order valence-electron chi connectivity index (χ1n) is 8.69. The van der Waals surface area contributed by atoms with Crippen LogP contribution >= 0.6 is 11.3 Å². The Hall–Kier alpha value is -3.46. The third-order valence-electron chi connectivity index (χ3n) is 4.20. The Bertz CT molecular complexity index is 1100. The topological polar surface area (TPSA) is 89.6 Å². The molecule has 2 heterocycles. The van der Waals surface area contributed by atoms with Crippen LogP contribution in [-0.4, -0.2) is 23.6 Å². The minimum Gasteiger partial charge on any atom is -0.454 e. The molecule has 1 aliphatic heterocycles. The third-order valence-corrected chi connectivity index (χ3v) is 5.01. The lowest BCUT2D eigenvalue weighted by atomic mass is 10.2. The largest absolute Gasteiger partial charge is 0.454 e. The number of fused-ring (bicyclic) bond motifs is 1. The molecule has 2 aromatic carbocycles. The molecular weight excluding hydrogens is 397 g/mol. The van der Waals surface area contributed by atoms with Gasteiger partial charge in [0.2, 0.25) is 12.7 Å². The molecule has 0 saturated heterocycles. The third kappa shape index (κ3) is 4.35. The first kappa shape index (κ1) is 18.9. The number of nitrogens with one attached hydrogen (secondary N) is 2. The van der Waals surface area contributed by atoms with E-state index in [0.29, 0.717) is 39.1 Å². The molecule has 0 fully saturated rings. The van der Waals surface area contributed by atoms with Crippen LogP contribution in [-0.2, 0) is 11.2 Å². The Balaban J connectivity index is 1.36. The molecule has 1 aromatic heterocycles. The number of thiazole rings is 1. The highest BCUT2D eigenvalue weighted by Crippen LogP contribution is 2.32. The van der Waals surface area contributed by atoms with Crippen LogP contribution < -0.4 is 20.1 Å². The highest BCUT2D eigenvalue weighted by atomic mass is 32.1. The number of ether oxygens (including phenoxy) is 2. The molecule has 2 N–H and O–H groups in total. The summed E-state index contributed by atoms with van der Waals surface area (Å²) < 4.78 is 24.1. The van der Waals surface area contributed by atoms with Gasteiger partial charge in [0, 0.05) is 16.6 Å². The van der Waals surface area contributed by atoms with Crippen molar-refractivity contribution < 1.29 is 23.5 Å². The van der Waals surface area contributed by atoms with Gasteiger partial charge in [-0.15, -0.1) is 11.3 Å². The summed E-state index contributed by atoms with van der Waals surface area (Å²) >= 11 is 1.21. The number of aryl methyl sites for hydroxylation is 1. The van der Waals surface area contributed by atoms with Crippen molar-refractivity contribution >= 4 is 34.0 Å². The van der Waals surface area contributed by atoms with Crippen LogP contribution in [0.1, 0.15) is 21.6 Å². The predicted molar refractivity (Wildman–Crippen MR) is 106 cm³/mol. The summed E-state index contributed by atoms with van der Waals surface area (Å²) in [4.78, 5) is 28.8. The zero-order valence-electron chi connectivity index (χ0n) is 15.3. The molecule has 0 bridgehead atoms. The van der Waals surface area contributed by atoms with Gasteiger partial charge in [-0.3, -0.25) is 14.9 Å². The van der Waals surface area contributed by atoms with E-state index in [9.17, 15) is 14.0 Å². The molecule has 3 aromatic rings. The number of carbonyl (C=O) groups excluding carboxylic acids is 2. The van der Waals surface area contributed by atoms with Gasteiger partial charge in [-0.1, -0.05) is 6.07 Å². The highest BCUT2D eigenvalue weighted by molar-refractivity contribution is 7.14. The summed E-state index contributed by atoms with van der Waals surface area (Å²) in [5, 5.41) is 7.39. The van der Waals surface area contributed by atoms with Crippen molar-refractivity contribution in [2.45, 2.75) is 13.3 Å². The molecule has 1 aliphatic rings. The lowest BCUT2D eigenvalue weighted by Gasteiger charge is -2.05. The lowest BCUT2D eigenvalue weighted by Crippen LogP contribution is -2.15. The molecule has 29 heavy (non-hydrogen) atoms. The Morgan fingerprint density at radius 3 is 2.79 bits per heavy atom. The molecule has 0 aliphatic carbocycles. The number of nitrogens with zero attached hydrogens (tertiary/aromatic N) is 1. The molecule has 7 nitrogen and oxygen atoms in total. The molecule has 2 amide bonds. The number of anilines is 2. The van der Waals surface area contributed by atoms with Crippen molar-refractivity contribution in [2.75, 3.05) is 17.4 Å². The maximum atomic E-state index is 13.6. The van der Waals surface area contributed by atoms with Crippen LogP contribution in [0.4, 0.5) is 15.2 Å². The van der Waals surface area contributed by atoms with Crippen LogP contribution in [0.25, 0.3) is 0 Å². The SMILES string of the molecule is Cc1ccc(NC(=O)Cc2csc(NC(=O)c3ccc4c(c3)OCO4)n2)cc1F. The van der Waals surface area contributed by atoms with Crippen LogP contribution in [0.5, 0.6) is 11.5 Å². The summed E-state index contributed by atoms with van der Waals surface area (Å²) in [7, 11) is 0. The molecule has 4 rings (SSSR count). The van der Waals surface area contributed by atoms with E-state index < -0.39 is 0 Å². The van der Waals surface area contributed by atoms with Crippen molar-refractivity contribution in [3.05, 3.63) is 64.4 Å². The Labute approximate surface area is 169 Å². The van der Waals surface area contributed by atoms with Crippen molar-refractivity contribution in [3.8, 4) is 11.5 Å². The second-order valence-corrected chi connectivity index (χ2v) is 7.21. The van der Waals surface area contributed by atoms with Crippen molar-refractivity contribution in [1.29, 1.82) is 0 Å².